The molecule has 0 aliphatic carbocycles. The first-order valence-electron chi connectivity index (χ1n) is 8.25. The lowest BCUT2D eigenvalue weighted by Crippen LogP contribution is -2.64. The summed E-state index contributed by atoms with van der Waals surface area (Å²) in [6.07, 6.45) is 0. The van der Waals surface area contributed by atoms with E-state index >= 15 is 0 Å². The van der Waals surface area contributed by atoms with Crippen LogP contribution in [-0.4, -0.2) is 71.9 Å². The molecule has 0 spiro atoms. The molecule has 2 fully saturated rings. The molecule has 0 aromatic heterocycles. The van der Waals surface area contributed by atoms with E-state index in [0.717, 1.165) is 32.7 Å². The van der Waals surface area contributed by atoms with Gasteiger partial charge in [0, 0.05) is 51.9 Å². The highest BCUT2D eigenvalue weighted by molar-refractivity contribution is 6.31. The molecular weight excluding hydrogens is 312 g/mol. The SMILES string of the molecule is C[C@@H](c1ccccc1)N1CCN(C2CN(C)NC(=O)C2Cl)CC1. The summed E-state index contributed by atoms with van der Waals surface area (Å²) < 4.78 is 0. The van der Waals surface area contributed by atoms with Crippen LogP contribution in [0.15, 0.2) is 30.3 Å². The van der Waals surface area contributed by atoms with Gasteiger partial charge in [0.25, 0.3) is 5.91 Å². The number of benzene rings is 1. The monoisotopic (exact) mass is 336 g/mol. The van der Waals surface area contributed by atoms with Crippen LogP contribution < -0.4 is 5.43 Å². The number of alkyl halides is 1. The molecule has 2 saturated heterocycles. The lowest BCUT2D eigenvalue weighted by Gasteiger charge is -2.45. The van der Waals surface area contributed by atoms with Gasteiger partial charge in [-0.25, -0.2) is 5.01 Å². The maximum absolute atomic E-state index is 11.9. The Morgan fingerprint density at radius 1 is 1.17 bits per heavy atom. The smallest absolute Gasteiger partial charge is 0.253 e. The number of likely N-dealkylation sites (N-methyl/N-ethyl adjacent to an activating group) is 1. The highest BCUT2D eigenvalue weighted by Crippen LogP contribution is 2.24. The normalized spacial score (nSPS) is 29.3. The van der Waals surface area contributed by atoms with Crippen LogP contribution in [0.1, 0.15) is 18.5 Å². The van der Waals surface area contributed by atoms with Gasteiger partial charge in [0.15, 0.2) is 0 Å². The van der Waals surface area contributed by atoms with Gasteiger partial charge in [-0.15, -0.1) is 11.6 Å². The Morgan fingerprint density at radius 3 is 2.48 bits per heavy atom. The number of nitrogens with one attached hydrogen (secondary N) is 1. The standard InChI is InChI=1S/C17H25ClN4O/c1-13(14-6-4-3-5-7-14)21-8-10-22(11-9-21)15-12-20(2)19-17(23)16(15)18/h3-7,13,15-16H,8-12H2,1-2H3,(H,19,23)/t13-,15?,16?/m0/s1. The maximum atomic E-state index is 11.9. The van der Waals surface area contributed by atoms with Crippen LogP contribution in [0.4, 0.5) is 0 Å². The molecule has 0 saturated carbocycles. The summed E-state index contributed by atoms with van der Waals surface area (Å²) >= 11 is 6.33. The first kappa shape index (κ1) is 16.7. The fourth-order valence-electron chi connectivity index (χ4n) is 3.54. The average Bonchev–Trinajstić information content (AvgIpc) is 2.58. The van der Waals surface area contributed by atoms with Crippen molar-refractivity contribution in [1.82, 2.24) is 20.2 Å². The zero-order valence-electron chi connectivity index (χ0n) is 13.8. The third kappa shape index (κ3) is 3.69. The van der Waals surface area contributed by atoms with Gasteiger partial charge < -0.3 is 0 Å². The number of carbonyl (C=O) groups excluding carboxylic acids is 1. The number of halogens is 1. The molecule has 1 amide bonds. The first-order valence-corrected chi connectivity index (χ1v) is 8.68. The largest absolute Gasteiger partial charge is 0.294 e. The Morgan fingerprint density at radius 2 is 1.83 bits per heavy atom. The van der Waals surface area contributed by atoms with Crippen LogP contribution in [0.2, 0.25) is 0 Å². The van der Waals surface area contributed by atoms with Crippen molar-refractivity contribution in [3.05, 3.63) is 35.9 Å². The Labute approximate surface area is 143 Å². The molecule has 0 bridgehead atoms. The van der Waals surface area contributed by atoms with E-state index in [0.29, 0.717) is 6.04 Å². The summed E-state index contributed by atoms with van der Waals surface area (Å²) in [6.45, 7) is 6.94. The van der Waals surface area contributed by atoms with E-state index in [2.05, 4.69) is 52.5 Å². The summed E-state index contributed by atoms with van der Waals surface area (Å²) in [6, 6.07) is 11.1. The zero-order valence-corrected chi connectivity index (χ0v) is 14.5. The Hall–Kier alpha value is -1.14. The summed E-state index contributed by atoms with van der Waals surface area (Å²) in [5.41, 5.74) is 4.13. The number of carbonyl (C=O) groups is 1. The molecule has 1 aromatic rings. The number of rotatable bonds is 3. The van der Waals surface area contributed by atoms with E-state index in [1.807, 2.05) is 12.1 Å². The zero-order chi connectivity index (χ0) is 16.4. The molecule has 2 unspecified atom stereocenters. The second-order valence-corrected chi connectivity index (χ2v) is 6.95. The highest BCUT2D eigenvalue weighted by atomic mass is 35.5. The predicted molar refractivity (Wildman–Crippen MR) is 92.2 cm³/mol. The first-order chi connectivity index (χ1) is 11.1. The van der Waals surface area contributed by atoms with Crippen molar-refractivity contribution in [3.8, 4) is 0 Å². The van der Waals surface area contributed by atoms with Crippen molar-refractivity contribution >= 4 is 17.5 Å². The van der Waals surface area contributed by atoms with E-state index in [4.69, 9.17) is 11.6 Å². The van der Waals surface area contributed by atoms with Crippen molar-refractivity contribution in [1.29, 1.82) is 0 Å². The van der Waals surface area contributed by atoms with Gasteiger partial charge >= 0.3 is 0 Å². The molecule has 1 N–H and O–H groups in total. The fourth-order valence-corrected chi connectivity index (χ4v) is 3.83. The van der Waals surface area contributed by atoms with Gasteiger partial charge in [0.05, 0.1) is 0 Å². The average molecular weight is 337 g/mol. The van der Waals surface area contributed by atoms with Gasteiger partial charge in [-0.05, 0) is 12.5 Å². The quantitative estimate of drug-likeness (QED) is 0.845. The number of hydrogen-bond donors (Lipinski definition) is 1. The molecule has 23 heavy (non-hydrogen) atoms. The minimum Gasteiger partial charge on any atom is -0.294 e. The Bertz CT molecular complexity index is 533. The minimum absolute atomic E-state index is 0.0876. The second kappa shape index (κ2) is 7.18. The minimum atomic E-state index is -0.468. The van der Waals surface area contributed by atoms with Gasteiger partial charge in [-0.1, -0.05) is 30.3 Å². The molecular formula is C17H25ClN4O. The van der Waals surface area contributed by atoms with Crippen LogP contribution in [0, 0.1) is 0 Å². The Balaban J connectivity index is 1.59. The van der Waals surface area contributed by atoms with E-state index in [9.17, 15) is 4.79 Å². The molecule has 2 aliphatic rings. The molecule has 0 radical (unpaired) electrons. The molecule has 3 rings (SSSR count). The maximum Gasteiger partial charge on any atom is 0.253 e. The summed E-state index contributed by atoms with van der Waals surface area (Å²) in [7, 11) is 1.89. The van der Waals surface area contributed by atoms with Gasteiger partial charge in [0.1, 0.15) is 5.38 Å². The predicted octanol–water partition coefficient (Wildman–Crippen LogP) is 1.32. The van der Waals surface area contributed by atoms with E-state index < -0.39 is 5.38 Å². The molecule has 1 aromatic carbocycles. The summed E-state index contributed by atoms with van der Waals surface area (Å²) in [5, 5.41) is 1.37. The van der Waals surface area contributed by atoms with Crippen LogP contribution in [-0.2, 0) is 4.79 Å². The third-order valence-electron chi connectivity index (χ3n) is 5.00. The Kier molecular flexibility index (Phi) is 5.21. The van der Waals surface area contributed by atoms with Crippen LogP contribution in [0.3, 0.4) is 0 Å². The summed E-state index contributed by atoms with van der Waals surface area (Å²) in [4.78, 5) is 16.8. The van der Waals surface area contributed by atoms with E-state index in [1.165, 1.54) is 5.56 Å². The van der Waals surface area contributed by atoms with Gasteiger partial charge in [-0.2, -0.15) is 0 Å². The highest BCUT2D eigenvalue weighted by Gasteiger charge is 2.38. The number of hydrazine groups is 1. The summed E-state index contributed by atoms with van der Waals surface area (Å²) in [5.74, 6) is -0.0921. The number of hydrogen-bond acceptors (Lipinski definition) is 4. The van der Waals surface area contributed by atoms with Gasteiger partial charge in [-0.3, -0.25) is 20.0 Å². The molecule has 6 heteroatoms. The molecule has 2 heterocycles. The van der Waals surface area contributed by atoms with Gasteiger partial charge in [0.2, 0.25) is 0 Å². The number of nitrogens with zero attached hydrogens (tertiary/aromatic N) is 3. The molecule has 3 atom stereocenters. The lowest BCUT2D eigenvalue weighted by molar-refractivity contribution is -0.130. The van der Waals surface area contributed by atoms with Crippen molar-refractivity contribution in [2.24, 2.45) is 0 Å². The third-order valence-corrected chi connectivity index (χ3v) is 5.49. The molecule has 126 valence electrons. The number of piperazine rings is 1. The molecule has 5 nitrogen and oxygen atoms in total. The van der Waals surface area contributed by atoms with Crippen LogP contribution >= 0.6 is 11.6 Å². The fraction of sp³-hybridized carbons (Fsp3) is 0.588. The van der Waals surface area contributed by atoms with Crippen molar-refractivity contribution in [2.45, 2.75) is 24.4 Å². The van der Waals surface area contributed by atoms with Crippen LogP contribution in [0.5, 0.6) is 0 Å². The number of amides is 1. The van der Waals surface area contributed by atoms with E-state index in [-0.39, 0.29) is 11.9 Å². The van der Waals surface area contributed by atoms with Crippen molar-refractivity contribution in [2.75, 3.05) is 39.8 Å². The van der Waals surface area contributed by atoms with Crippen molar-refractivity contribution < 1.29 is 4.79 Å². The second-order valence-electron chi connectivity index (χ2n) is 6.48. The van der Waals surface area contributed by atoms with Crippen LogP contribution in [0.25, 0.3) is 0 Å². The lowest BCUT2D eigenvalue weighted by atomic mass is 10.0. The van der Waals surface area contributed by atoms with Crippen molar-refractivity contribution in [3.63, 3.8) is 0 Å². The van der Waals surface area contributed by atoms with E-state index in [1.54, 1.807) is 0 Å². The topological polar surface area (TPSA) is 38.8 Å². The molecule has 2 aliphatic heterocycles.